The highest BCUT2D eigenvalue weighted by Crippen LogP contribution is 2.35. The fourth-order valence-corrected chi connectivity index (χ4v) is 5.07. The van der Waals surface area contributed by atoms with Gasteiger partial charge in [-0.25, -0.2) is 4.39 Å². The molecule has 0 atom stereocenters. The molecule has 7 heteroatoms. The standard InChI is InChI=1S/C30H33FN2O4/c1-4-24-25(30(35)32-26-7-5-6-8-27(26)37-3)14-11-22(19-36-2)28(24)33-17-15-21(16-18-33)29(34)20-9-12-23(31)13-10-20/h5-14,21H,4,15-19H2,1-3H3,(H,32,35). The average molecular weight is 505 g/mol. The monoisotopic (exact) mass is 504 g/mol. The zero-order chi connectivity index (χ0) is 26.4. The average Bonchev–Trinajstić information content (AvgIpc) is 2.93. The Bertz CT molecular complexity index is 1250. The minimum Gasteiger partial charge on any atom is -0.495 e. The summed E-state index contributed by atoms with van der Waals surface area (Å²) >= 11 is 0. The Morgan fingerprint density at radius 3 is 2.35 bits per heavy atom. The molecule has 4 rings (SSSR count). The van der Waals surface area contributed by atoms with Crippen LogP contribution in [-0.4, -0.2) is 39.0 Å². The Labute approximate surface area is 217 Å². The number of benzene rings is 3. The first-order valence-corrected chi connectivity index (χ1v) is 12.6. The van der Waals surface area contributed by atoms with Crippen molar-refractivity contribution in [3.8, 4) is 5.75 Å². The number of halogens is 1. The van der Waals surface area contributed by atoms with E-state index in [1.165, 1.54) is 12.1 Å². The molecule has 1 heterocycles. The van der Waals surface area contributed by atoms with E-state index in [0.717, 1.165) is 16.8 Å². The van der Waals surface area contributed by atoms with Gasteiger partial charge in [0.15, 0.2) is 5.78 Å². The lowest BCUT2D eigenvalue weighted by Gasteiger charge is -2.36. The summed E-state index contributed by atoms with van der Waals surface area (Å²) in [5.74, 6) is -0.0168. The van der Waals surface area contributed by atoms with Crippen molar-refractivity contribution in [2.45, 2.75) is 32.8 Å². The number of nitrogens with one attached hydrogen (secondary N) is 1. The summed E-state index contributed by atoms with van der Waals surface area (Å²) in [5, 5.41) is 2.99. The predicted molar refractivity (Wildman–Crippen MR) is 143 cm³/mol. The lowest BCUT2D eigenvalue weighted by Crippen LogP contribution is -2.38. The quantitative estimate of drug-likeness (QED) is 0.368. The van der Waals surface area contributed by atoms with E-state index in [-0.39, 0.29) is 23.4 Å². The Morgan fingerprint density at radius 2 is 1.70 bits per heavy atom. The summed E-state index contributed by atoms with van der Waals surface area (Å²) in [6, 6.07) is 16.9. The third-order valence-corrected chi connectivity index (χ3v) is 6.93. The molecule has 0 bridgehead atoms. The number of para-hydroxylation sites is 2. The number of hydrogen-bond acceptors (Lipinski definition) is 5. The van der Waals surface area contributed by atoms with E-state index >= 15 is 0 Å². The number of piperidine rings is 1. The number of carbonyl (C=O) groups excluding carboxylic acids is 2. The Balaban J connectivity index is 1.58. The normalized spacial score (nSPS) is 13.9. The van der Waals surface area contributed by atoms with Crippen molar-refractivity contribution in [1.82, 2.24) is 0 Å². The van der Waals surface area contributed by atoms with Gasteiger partial charge in [0.25, 0.3) is 5.91 Å². The summed E-state index contributed by atoms with van der Waals surface area (Å²) in [4.78, 5) is 28.7. The Kier molecular flexibility index (Phi) is 8.56. The van der Waals surface area contributed by atoms with Crippen LogP contribution in [-0.2, 0) is 17.8 Å². The second kappa shape index (κ2) is 12.0. The van der Waals surface area contributed by atoms with Crippen molar-refractivity contribution < 1.29 is 23.5 Å². The number of amides is 1. The minimum absolute atomic E-state index is 0.0532. The maximum absolute atomic E-state index is 13.4. The molecule has 0 aliphatic carbocycles. The Hall–Kier alpha value is -3.71. The molecule has 0 radical (unpaired) electrons. The SMILES string of the molecule is CCc1c(C(=O)Nc2ccccc2OC)ccc(COC)c1N1CCC(C(=O)c2ccc(F)cc2)CC1. The largest absolute Gasteiger partial charge is 0.495 e. The molecule has 37 heavy (non-hydrogen) atoms. The maximum Gasteiger partial charge on any atom is 0.256 e. The van der Waals surface area contributed by atoms with Crippen molar-refractivity contribution in [2.24, 2.45) is 5.92 Å². The van der Waals surface area contributed by atoms with Gasteiger partial charge in [-0.05, 0) is 67.3 Å². The molecule has 1 aliphatic heterocycles. The summed E-state index contributed by atoms with van der Waals surface area (Å²) in [6.45, 7) is 3.82. The Morgan fingerprint density at radius 1 is 1.00 bits per heavy atom. The number of rotatable bonds is 9. The van der Waals surface area contributed by atoms with E-state index in [2.05, 4.69) is 10.2 Å². The van der Waals surface area contributed by atoms with E-state index in [1.54, 1.807) is 32.4 Å². The summed E-state index contributed by atoms with van der Waals surface area (Å²) < 4.78 is 24.2. The topological polar surface area (TPSA) is 67.9 Å². The molecule has 0 saturated carbocycles. The highest BCUT2D eigenvalue weighted by Gasteiger charge is 2.29. The maximum atomic E-state index is 13.4. The molecule has 1 aliphatic rings. The molecule has 0 unspecified atom stereocenters. The van der Waals surface area contributed by atoms with Gasteiger partial charge in [-0.3, -0.25) is 9.59 Å². The molecule has 0 aromatic heterocycles. The third-order valence-electron chi connectivity index (χ3n) is 6.93. The number of carbonyl (C=O) groups is 2. The van der Waals surface area contributed by atoms with Gasteiger partial charge >= 0.3 is 0 Å². The van der Waals surface area contributed by atoms with Gasteiger partial charge in [0.2, 0.25) is 0 Å². The van der Waals surface area contributed by atoms with E-state index in [4.69, 9.17) is 9.47 Å². The predicted octanol–water partition coefficient (Wildman–Crippen LogP) is 5.89. The van der Waals surface area contributed by atoms with E-state index in [9.17, 15) is 14.0 Å². The van der Waals surface area contributed by atoms with Crippen molar-refractivity contribution in [2.75, 3.05) is 37.5 Å². The molecule has 6 nitrogen and oxygen atoms in total. The van der Waals surface area contributed by atoms with Crippen molar-refractivity contribution in [3.63, 3.8) is 0 Å². The van der Waals surface area contributed by atoms with Crippen LogP contribution in [0.15, 0.2) is 60.7 Å². The van der Waals surface area contributed by atoms with Crippen LogP contribution >= 0.6 is 0 Å². The number of hydrogen-bond donors (Lipinski definition) is 1. The molecular weight excluding hydrogens is 471 g/mol. The lowest BCUT2D eigenvalue weighted by molar-refractivity contribution is 0.0900. The number of Topliss-reactive ketones (excluding diaryl/α,β-unsaturated/α-hetero) is 1. The van der Waals surface area contributed by atoms with Gasteiger partial charge in [0.1, 0.15) is 11.6 Å². The van der Waals surface area contributed by atoms with Gasteiger partial charge in [0, 0.05) is 48.5 Å². The first kappa shape index (κ1) is 26.4. The molecule has 1 N–H and O–H groups in total. The van der Waals surface area contributed by atoms with E-state index in [0.29, 0.717) is 61.5 Å². The highest BCUT2D eigenvalue weighted by atomic mass is 19.1. The highest BCUT2D eigenvalue weighted by molar-refractivity contribution is 6.07. The molecule has 1 saturated heterocycles. The fraction of sp³-hybridized carbons (Fsp3) is 0.333. The molecule has 3 aromatic carbocycles. The molecular formula is C30H33FN2O4. The second-order valence-electron chi connectivity index (χ2n) is 9.17. The van der Waals surface area contributed by atoms with Crippen molar-refractivity contribution in [3.05, 3.63) is 88.7 Å². The number of ether oxygens (including phenoxy) is 2. The molecule has 194 valence electrons. The summed E-state index contributed by atoms with van der Waals surface area (Å²) in [7, 11) is 3.23. The van der Waals surface area contributed by atoms with Crippen LogP contribution in [0, 0.1) is 11.7 Å². The van der Waals surface area contributed by atoms with Gasteiger partial charge < -0.3 is 19.7 Å². The van der Waals surface area contributed by atoms with Crippen LogP contribution in [0.4, 0.5) is 15.8 Å². The van der Waals surface area contributed by atoms with E-state index < -0.39 is 0 Å². The summed E-state index contributed by atoms with van der Waals surface area (Å²) in [5.41, 5.74) is 4.73. The number of anilines is 2. The zero-order valence-electron chi connectivity index (χ0n) is 21.6. The lowest BCUT2D eigenvalue weighted by atomic mass is 9.87. The van der Waals surface area contributed by atoms with Crippen LogP contribution in [0.3, 0.4) is 0 Å². The van der Waals surface area contributed by atoms with Crippen LogP contribution < -0.4 is 15.0 Å². The van der Waals surface area contributed by atoms with Crippen LogP contribution in [0.2, 0.25) is 0 Å². The van der Waals surface area contributed by atoms with Gasteiger partial charge in [-0.1, -0.05) is 25.1 Å². The summed E-state index contributed by atoms with van der Waals surface area (Å²) in [6.07, 6.45) is 2.03. The molecule has 1 fully saturated rings. The minimum atomic E-state index is -0.348. The number of methoxy groups -OCH3 is 2. The van der Waals surface area contributed by atoms with Gasteiger partial charge in [-0.2, -0.15) is 0 Å². The zero-order valence-corrected chi connectivity index (χ0v) is 21.6. The second-order valence-corrected chi connectivity index (χ2v) is 9.17. The third kappa shape index (κ3) is 5.83. The van der Waals surface area contributed by atoms with Crippen LogP contribution in [0.5, 0.6) is 5.75 Å². The van der Waals surface area contributed by atoms with Crippen LogP contribution in [0.1, 0.15) is 51.6 Å². The first-order chi connectivity index (χ1) is 18.0. The van der Waals surface area contributed by atoms with E-state index in [1.807, 2.05) is 37.3 Å². The van der Waals surface area contributed by atoms with Crippen molar-refractivity contribution >= 4 is 23.1 Å². The fourth-order valence-electron chi connectivity index (χ4n) is 5.07. The van der Waals surface area contributed by atoms with Gasteiger partial charge in [-0.15, -0.1) is 0 Å². The molecule has 3 aromatic rings. The molecule has 1 amide bonds. The number of ketones is 1. The van der Waals surface area contributed by atoms with Gasteiger partial charge in [0.05, 0.1) is 19.4 Å². The van der Waals surface area contributed by atoms with Crippen molar-refractivity contribution in [1.29, 1.82) is 0 Å². The first-order valence-electron chi connectivity index (χ1n) is 12.6. The van der Waals surface area contributed by atoms with Crippen LogP contribution in [0.25, 0.3) is 0 Å². The molecule has 0 spiro atoms. The smallest absolute Gasteiger partial charge is 0.256 e. The number of nitrogens with zero attached hydrogens (tertiary/aromatic N) is 1.